The highest BCUT2D eigenvalue weighted by Crippen LogP contribution is 2.22. The summed E-state index contributed by atoms with van der Waals surface area (Å²) >= 11 is 0. The fourth-order valence-corrected chi connectivity index (χ4v) is 2.33. The molecule has 2 aliphatic rings. The van der Waals surface area contributed by atoms with Crippen LogP contribution in [0.4, 0.5) is 0 Å². The molecule has 2 fully saturated rings. The number of quaternary nitrogens is 1. The van der Waals surface area contributed by atoms with Crippen LogP contribution >= 0.6 is 0 Å². The standard InChI is InChI=1S/C8H16N2/c1-9-5-7-3-4-8(6-9)10(7)2/h7-9H,1,3-6H2,2H3. The molecule has 2 heterocycles. The molecule has 0 spiro atoms. The van der Waals surface area contributed by atoms with Crippen molar-refractivity contribution in [1.29, 1.82) is 0 Å². The normalized spacial score (nSPS) is 48.0. The second-order valence-electron chi connectivity index (χ2n) is 3.71. The lowest BCUT2D eigenvalue weighted by Crippen LogP contribution is -3.11. The third-order valence-electron chi connectivity index (χ3n) is 3.03. The second kappa shape index (κ2) is 2.21. The molecule has 2 atom stereocenters. The van der Waals surface area contributed by atoms with E-state index in [0.717, 1.165) is 12.1 Å². The minimum Gasteiger partial charge on any atom is -0.465 e. The summed E-state index contributed by atoms with van der Waals surface area (Å²) in [5.74, 6) is 0. The Balaban J connectivity index is 2.09. The van der Waals surface area contributed by atoms with Gasteiger partial charge in [0.2, 0.25) is 0 Å². The third-order valence-corrected chi connectivity index (χ3v) is 3.03. The lowest BCUT2D eigenvalue weighted by atomic mass is 10.2. The number of likely N-dealkylation sites (tertiary alicyclic amines) is 1. The summed E-state index contributed by atoms with van der Waals surface area (Å²) in [6, 6.07) is 1.68. The molecule has 2 unspecified atom stereocenters. The minimum atomic E-state index is 0.839. The van der Waals surface area contributed by atoms with Gasteiger partial charge in [0.05, 0.1) is 25.2 Å². The summed E-state index contributed by atoms with van der Waals surface area (Å²) in [5, 5.41) is 0. The predicted molar refractivity (Wildman–Crippen MR) is 40.6 cm³/mol. The zero-order valence-corrected chi connectivity index (χ0v) is 6.64. The SMILES string of the molecule is [CH2-][NH+]1CC2CCC(C1)N2C. The molecule has 2 bridgehead atoms. The van der Waals surface area contributed by atoms with Gasteiger partial charge in [0, 0.05) is 0 Å². The lowest BCUT2D eigenvalue weighted by molar-refractivity contribution is -0.863. The summed E-state index contributed by atoms with van der Waals surface area (Å²) in [6.45, 7) is 2.51. The van der Waals surface area contributed by atoms with Crippen molar-refractivity contribution in [2.24, 2.45) is 0 Å². The third kappa shape index (κ3) is 0.867. The van der Waals surface area contributed by atoms with Gasteiger partial charge in [-0.2, -0.15) is 7.05 Å². The van der Waals surface area contributed by atoms with Gasteiger partial charge in [0.25, 0.3) is 0 Å². The van der Waals surface area contributed by atoms with Crippen molar-refractivity contribution in [3.05, 3.63) is 7.05 Å². The first-order valence-corrected chi connectivity index (χ1v) is 4.16. The van der Waals surface area contributed by atoms with E-state index >= 15 is 0 Å². The van der Waals surface area contributed by atoms with E-state index in [-0.39, 0.29) is 0 Å². The van der Waals surface area contributed by atoms with Crippen LogP contribution in [-0.2, 0) is 0 Å². The van der Waals surface area contributed by atoms with Gasteiger partial charge in [-0.1, -0.05) is 0 Å². The monoisotopic (exact) mass is 140 g/mol. The van der Waals surface area contributed by atoms with E-state index in [1.54, 1.807) is 0 Å². The molecule has 0 radical (unpaired) electrons. The molecule has 10 heavy (non-hydrogen) atoms. The lowest BCUT2D eigenvalue weighted by Gasteiger charge is -2.37. The molecule has 2 nitrogen and oxygen atoms in total. The zero-order chi connectivity index (χ0) is 7.14. The number of rotatable bonds is 0. The van der Waals surface area contributed by atoms with Crippen molar-refractivity contribution >= 4 is 0 Å². The van der Waals surface area contributed by atoms with E-state index in [4.69, 9.17) is 0 Å². The van der Waals surface area contributed by atoms with E-state index in [2.05, 4.69) is 19.0 Å². The Kier molecular flexibility index (Phi) is 1.46. The maximum Gasteiger partial charge on any atom is 0.0689 e. The van der Waals surface area contributed by atoms with E-state index in [1.165, 1.54) is 30.8 Å². The second-order valence-corrected chi connectivity index (χ2v) is 3.71. The number of fused-ring (bicyclic) bond motifs is 2. The fraction of sp³-hybridized carbons (Fsp3) is 0.875. The molecule has 0 aromatic rings. The van der Waals surface area contributed by atoms with E-state index < -0.39 is 0 Å². The Morgan fingerprint density at radius 2 is 1.80 bits per heavy atom. The molecule has 2 heteroatoms. The van der Waals surface area contributed by atoms with Crippen molar-refractivity contribution in [3.8, 4) is 0 Å². The van der Waals surface area contributed by atoms with Gasteiger partial charge in [-0.15, -0.1) is 0 Å². The maximum atomic E-state index is 4.06. The fourth-order valence-electron chi connectivity index (χ4n) is 2.33. The van der Waals surface area contributed by atoms with Crippen LogP contribution in [0.25, 0.3) is 0 Å². The molecule has 1 N–H and O–H groups in total. The van der Waals surface area contributed by atoms with Gasteiger partial charge >= 0.3 is 0 Å². The van der Waals surface area contributed by atoms with Crippen molar-refractivity contribution in [3.63, 3.8) is 0 Å². The average molecular weight is 140 g/mol. The average Bonchev–Trinajstić information content (AvgIpc) is 2.20. The molecule has 58 valence electrons. The molecule has 0 aromatic carbocycles. The molecule has 2 rings (SSSR count). The molecule has 0 amide bonds. The number of nitrogens with zero attached hydrogens (tertiary/aromatic N) is 1. The quantitative estimate of drug-likeness (QED) is 0.430. The van der Waals surface area contributed by atoms with Gasteiger partial charge in [-0.3, -0.25) is 4.90 Å². The highest BCUT2D eigenvalue weighted by Gasteiger charge is 2.36. The summed E-state index contributed by atoms with van der Waals surface area (Å²) in [5.41, 5.74) is 0. The molecule has 0 aliphatic carbocycles. The molecule has 2 saturated heterocycles. The van der Waals surface area contributed by atoms with Crippen molar-refractivity contribution < 1.29 is 4.90 Å². The van der Waals surface area contributed by atoms with Gasteiger partial charge in [-0.05, 0) is 19.9 Å². The Morgan fingerprint density at radius 1 is 1.30 bits per heavy atom. The Hall–Kier alpha value is -0.0800. The minimum absolute atomic E-state index is 0.839. The molecule has 2 aliphatic heterocycles. The Bertz CT molecular complexity index is 121. The van der Waals surface area contributed by atoms with Crippen LogP contribution in [0.1, 0.15) is 12.8 Å². The Morgan fingerprint density at radius 3 is 2.30 bits per heavy atom. The highest BCUT2D eigenvalue weighted by atomic mass is 15.3. The molecule has 0 saturated carbocycles. The molecular formula is C8H16N2. The zero-order valence-electron chi connectivity index (χ0n) is 6.64. The van der Waals surface area contributed by atoms with Crippen molar-refractivity contribution in [2.45, 2.75) is 24.9 Å². The number of hydrogen-bond donors (Lipinski definition) is 1. The maximum absolute atomic E-state index is 4.06. The van der Waals surface area contributed by atoms with Gasteiger partial charge < -0.3 is 4.90 Å². The number of likely N-dealkylation sites (N-methyl/N-ethyl adjacent to an activating group) is 1. The molecule has 0 aromatic heterocycles. The van der Waals surface area contributed by atoms with Crippen LogP contribution < -0.4 is 4.90 Å². The van der Waals surface area contributed by atoms with Crippen molar-refractivity contribution in [2.75, 3.05) is 20.1 Å². The summed E-state index contributed by atoms with van der Waals surface area (Å²) in [7, 11) is 6.32. The van der Waals surface area contributed by atoms with E-state index in [0.29, 0.717) is 0 Å². The van der Waals surface area contributed by atoms with Crippen LogP contribution in [0, 0.1) is 7.05 Å². The first-order chi connectivity index (χ1) is 4.77. The number of nitrogens with one attached hydrogen (secondary N) is 1. The van der Waals surface area contributed by atoms with Crippen molar-refractivity contribution in [1.82, 2.24) is 4.90 Å². The first kappa shape index (κ1) is 6.62. The first-order valence-electron chi connectivity index (χ1n) is 4.16. The summed E-state index contributed by atoms with van der Waals surface area (Å²) in [6.07, 6.45) is 2.81. The summed E-state index contributed by atoms with van der Waals surface area (Å²) < 4.78 is 0. The van der Waals surface area contributed by atoms with Crippen LogP contribution in [-0.4, -0.2) is 37.1 Å². The van der Waals surface area contributed by atoms with E-state index in [9.17, 15) is 0 Å². The Labute approximate surface area is 62.8 Å². The van der Waals surface area contributed by atoms with Gasteiger partial charge in [-0.25, -0.2) is 0 Å². The highest BCUT2D eigenvalue weighted by molar-refractivity contribution is 4.87. The predicted octanol–water partition coefficient (Wildman–Crippen LogP) is -0.861. The number of piperazine rings is 1. The van der Waals surface area contributed by atoms with Crippen LogP contribution in [0.3, 0.4) is 0 Å². The van der Waals surface area contributed by atoms with Gasteiger partial charge in [0.15, 0.2) is 0 Å². The summed E-state index contributed by atoms with van der Waals surface area (Å²) in [4.78, 5) is 4.01. The number of hydrogen-bond acceptors (Lipinski definition) is 1. The smallest absolute Gasteiger partial charge is 0.0689 e. The van der Waals surface area contributed by atoms with Crippen LogP contribution in [0.5, 0.6) is 0 Å². The topological polar surface area (TPSA) is 7.68 Å². The van der Waals surface area contributed by atoms with E-state index in [1.807, 2.05) is 0 Å². The van der Waals surface area contributed by atoms with Crippen LogP contribution in [0.15, 0.2) is 0 Å². The van der Waals surface area contributed by atoms with Crippen LogP contribution in [0.2, 0.25) is 0 Å². The van der Waals surface area contributed by atoms with Gasteiger partial charge in [0.1, 0.15) is 0 Å². The molecular weight excluding hydrogens is 124 g/mol. The largest absolute Gasteiger partial charge is 0.465 e.